The lowest BCUT2D eigenvalue weighted by Crippen LogP contribution is -2.23. The lowest BCUT2D eigenvalue weighted by Gasteiger charge is -2.08. The Hall–Kier alpha value is -0.740. The Morgan fingerprint density at radius 3 is 3.20 bits per heavy atom. The summed E-state index contributed by atoms with van der Waals surface area (Å²) in [4.78, 5) is 15.7. The molecule has 15 heavy (non-hydrogen) atoms. The van der Waals surface area contributed by atoms with Crippen LogP contribution in [0.25, 0.3) is 0 Å². The van der Waals surface area contributed by atoms with Gasteiger partial charge in [0.1, 0.15) is 5.82 Å². The van der Waals surface area contributed by atoms with E-state index in [1.165, 1.54) is 0 Å². The van der Waals surface area contributed by atoms with Gasteiger partial charge in [0, 0.05) is 11.2 Å². The van der Waals surface area contributed by atoms with Gasteiger partial charge in [0.2, 0.25) is 5.91 Å². The number of carbonyl (C=O) groups is 1. The summed E-state index contributed by atoms with van der Waals surface area (Å²) in [5, 5.41) is 3.43. The van der Waals surface area contributed by atoms with Crippen LogP contribution >= 0.6 is 23.4 Å². The summed E-state index contributed by atoms with van der Waals surface area (Å²) in [5.41, 5.74) is 0. The van der Waals surface area contributed by atoms with Crippen molar-refractivity contribution in [1.29, 1.82) is 0 Å². The van der Waals surface area contributed by atoms with E-state index in [0.717, 1.165) is 18.6 Å². The Bertz CT molecular complexity index is 366. The smallest absolute Gasteiger partial charge is 0.238 e. The molecule has 1 aromatic rings. The van der Waals surface area contributed by atoms with Gasteiger partial charge in [-0.05, 0) is 30.7 Å². The summed E-state index contributed by atoms with van der Waals surface area (Å²) >= 11 is 7.49. The number of halogens is 1. The lowest BCUT2D eigenvalue weighted by molar-refractivity contribution is -0.115. The molecule has 0 spiro atoms. The van der Waals surface area contributed by atoms with Crippen LogP contribution in [0, 0.1) is 0 Å². The van der Waals surface area contributed by atoms with E-state index < -0.39 is 0 Å². The van der Waals surface area contributed by atoms with Gasteiger partial charge in [-0.1, -0.05) is 11.6 Å². The van der Waals surface area contributed by atoms with Gasteiger partial charge < -0.3 is 5.32 Å². The number of nitrogens with one attached hydrogen (secondary N) is 1. The predicted octanol–water partition coefficient (Wildman–Crippen LogP) is 2.57. The average Bonchev–Trinajstić information content (AvgIpc) is 2.70. The van der Waals surface area contributed by atoms with Crippen molar-refractivity contribution >= 4 is 35.1 Å². The second kappa shape index (κ2) is 4.86. The van der Waals surface area contributed by atoms with E-state index in [1.807, 2.05) is 0 Å². The molecule has 0 aliphatic carbocycles. The van der Waals surface area contributed by atoms with E-state index in [4.69, 9.17) is 11.6 Å². The van der Waals surface area contributed by atoms with E-state index in [1.54, 1.807) is 30.1 Å². The van der Waals surface area contributed by atoms with Crippen molar-refractivity contribution in [2.75, 3.05) is 11.1 Å². The van der Waals surface area contributed by atoms with Crippen LogP contribution in [0.1, 0.15) is 12.8 Å². The van der Waals surface area contributed by atoms with Crippen LogP contribution in [0.15, 0.2) is 18.3 Å². The lowest BCUT2D eigenvalue weighted by atomic mass is 10.2. The highest BCUT2D eigenvalue weighted by Crippen LogP contribution is 2.27. The van der Waals surface area contributed by atoms with Crippen LogP contribution in [0.4, 0.5) is 5.82 Å². The predicted molar refractivity (Wildman–Crippen MR) is 63.4 cm³/mol. The molecule has 1 saturated heterocycles. The standard InChI is InChI=1S/C10H11ClN2OS/c11-7-3-4-12-9(6-7)13-10(14)8-2-1-5-15-8/h3-4,6,8H,1-2,5H2,(H,12,13,14). The largest absolute Gasteiger partial charge is 0.310 e. The van der Waals surface area contributed by atoms with Gasteiger partial charge in [-0.2, -0.15) is 0 Å². The number of rotatable bonds is 2. The monoisotopic (exact) mass is 242 g/mol. The minimum atomic E-state index is 0.0345. The third kappa shape index (κ3) is 2.86. The van der Waals surface area contributed by atoms with Gasteiger partial charge in [-0.3, -0.25) is 4.79 Å². The van der Waals surface area contributed by atoms with Crippen LogP contribution in [-0.4, -0.2) is 21.9 Å². The quantitative estimate of drug-likeness (QED) is 0.867. The van der Waals surface area contributed by atoms with Crippen molar-refractivity contribution in [3.8, 4) is 0 Å². The van der Waals surface area contributed by atoms with Gasteiger partial charge in [0.15, 0.2) is 0 Å². The normalized spacial score (nSPS) is 20.2. The topological polar surface area (TPSA) is 42.0 Å². The number of aromatic nitrogens is 1. The summed E-state index contributed by atoms with van der Waals surface area (Å²) in [6, 6.07) is 3.33. The second-order valence-corrected chi connectivity index (χ2v) is 5.10. The molecule has 1 amide bonds. The highest BCUT2D eigenvalue weighted by atomic mass is 35.5. The van der Waals surface area contributed by atoms with Gasteiger partial charge in [0.25, 0.3) is 0 Å². The molecule has 0 radical (unpaired) electrons. The summed E-state index contributed by atoms with van der Waals surface area (Å²) in [6.07, 6.45) is 3.66. The van der Waals surface area contributed by atoms with Crippen LogP contribution in [0.2, 0.25) is 5.02 Å². The van der Waals surface area contributed by atoms with Crippen molar-refractivity contribution < 1.29 is 4.79 Å². The van der Waals surface area contributed by atoms with Crippen molar-refractivity contribution in [3.63, 3.8) is 0 Å². The molecule has 1 aliphatic heterocycles. The fourth-order valence-corrected chi connectivity index (χ4v) is 2.79. The first-order chi connectivity index (χ1) is 7.25. The number of hydrogen-bond donors (Lipinski definition) is 1. The molecule has 2 rings (SSSR count). The highest BCUT2D eigenvalue weighted by Gasteiger charge is 2.23. The van der Waals surface area contributed by atoms with Crippen molar-refractivity contribution in [1.82, 2.24) is 4.98 Å². The second-order valence-electron chi connectivity index (χ2n) is 3.35. The molecule has 0 saturated carbocycles. The Kier molecular flexibility index (Phi) is 3.49. The first-order valence-corrected chi connectivity index (χ1v) is 6.22. The molecule has 1 unspecified atom stereocenters. The molecular weight excluding hydrogens is 232 g/mol. The Balaban J connectivity index is 1.99. The van der Waals surface area contributed by atoms with Gasteiger partial charge in [0.05, 0.1) is 5.25 Å². The zero-order valence-corrected chi connectivity index (χ0v) is 9.64. The maximum absolute atomic E-state index is 11.7. The van der Waals surface area contributed by atoms with E-state index in [0.29, 0.717) is 10.8 Å². The number of anilines is 1. The molecule has 1 aromatic heterocycles. The van der Waals surface area contributed by atoms with E-state index in [2.05, 4.69) is 10.3 Å². The zero-order valence-electron chi connectivity index (χ0n) is 8.07. The van der Waals surface area contributed by atoms with E-state index in [-0.39, 0.29) is 11.2 Å². The summed E-state index contributed by atoms with van der Waals surface area (Å²) in [7, 11) is 0. The summed E-state index contributed by atoms with van der Waals surface area (Å²) in [6.45, 7) is 0. The molecule has 2 heterocycles. The molecule has 0 bridgehead atoms. The number of amides is 1. The van der Waals surface area contributed by atoms with Gasteiger partial charge in [-0.25, -0.2) is 4.98 Å². The minimum Gasteiger partial charge on any atom is -0.310 e. The Labute approximate surface area is 97.6 Å². The molecular formula is C10H11ClN2OS. The van der Waals surface area contributed by atoms with Crippen LogP contribution < -0.4 is 5.32 Å². The average molecular weight is 243 g/mol. The number of pyridine rings is 1. The molecule has 1 atom stereocenters. The molecule has 80 valence electrons. The fraction of sp³-hybridized carbons (Fsp3) is 0.400. The summed E-state index contributed by atoms with van der Waals surface area (Å²) in [5.74, 6) is 1.63. The van der Waals surface area contributed by atoms with Gasteiger partial charge in [-0.15, -0.1) is 11.8 Å². The number of nitrogens with zero attached hydrogens (tertiary/aromatic N) is 1. The number of hydrogen-bond acceptors (Lipinski definition) is 3. The van der Waals surface area contributed by atoms with Crippen LogP contribution in [-0.2, 0) is 4.79 Å². The number of carbonyl (C=O) groups excluding carboxylic acids is 1. The SMILES string of the molecule is O=C(Nc1cc(Cl)ccn1)C1CCCS1. The summed E-state index contributed by atoms with van der Waals surface area (Å²) < 4.78 is 0. The van der Waals surface area contributed by atoms with Crippen LogP contribution in [0.5, 0.6) is 0 Å². The molecule has 3 nitrogen and oxygen atoms in total. The van der Waals surface area contributed by atoms with Gasteiger partial charge >= 0.3 is 0 Å². The molecule has 1 fully saturated rings. The number of thioether (sulfide) groups is 1. The first-order valence-electron chi connectivity index (χ1n) is 4.80. The van der Waals surface area contributed by atoms with Crippen molar-refractivity contribution in [2.24, 2.45) is 0 Å². The fourth-order valence-electron chi connectivity index (χ4n) is 1.46. The van der Waals surface area contributed by atoms with Crippen molar-refractivity contribution in [3.05, 3.63) is 23.4 Å². The Morgan fingerprint density at radius 2 is 2.53 bits per heavy atom. The molecule has 1 aliphatic rings. The molecule has 5 heteroatoms. The zero-order chi connectivity index (χ0) is 10.7. The van der Waals surface area contributed by atoms with E-state index in [9.17, 15) is 4.79 Å². The highest BCUT2D eigenvalue weighted by molar-refractivity contribution is 8.00. The van der Waals surface area contributed by atoms with Crippen molar-refractivity contribution in [2.45, 2.75) is 18.1 Å². The molecule has 0 aromatic carbocycles. The maximum Gasteiger partial charge on any atom is 0.238 e. The molecule has 1 N–H and O–H groups in total. The minimum absolute atomic E-state index is 0.0345. The maximum atomic E-state index is 11.7. The Morgan fingerprint density at radius 1 is 1.67 bits per heavy atom. The third-order valence-corrected chi connectivity index (χ3v) is 3.81. The third-order valence-electron chi connectivity index (χ3n) is 2.20. The van der Waals surface area contributed by atoms with Crippen LogP contribution in [0.3, 0.4) is 0 Å². The van der Waals surface area contributed by atoms with E-state index >= 15 is 0 Å². The first kappa shape index (κ1) is 10.8.